The first-order valence-corrected chi connectivity index (χ1v) is 9.99. The number of piperidine rings is 1. The monoisotopic (exact) mass is 360 g/mol. The van der Waals surface area contributed by atoms with Crippen LogP contribution in [0.1, 0.15) is 44.7 Å². The predicted octanol–water partition coefficient (Wildman–Crippen LogP) is 3.11. The van der Waals surface area contributed by atoms with Crippen LogP contribution in [-0.2, 0) is 0 Å². The fourth-order valence-corrected chi connectivity index (χ4v) is 3.41. The van der Waals surface area contributed by atoms with Crippen molar-refractivity contribution >= 4 is 5.96 Å². The zero-order chi connectivity index (χ0) is 18.9. The molecule has 1 aromatic carbocycles. The highest BCUT2D eigenvalue weighted by Gasteiger charge is 2.21. The van der Waals surface area contributed by atoms with Gasteiger partial charge in [-0.3, -0.25) is 0 Å². The minimum Gasteiger partial charge on any atom is -0.491 e. The van der Waals surface area contributed by atoms with Crippen molar-refractivity contribution in [2.75, 3.05) is 32.8 Å². The van der Waals surface area contributed by atoms with E-state index in [1.165, 1.54) is 24.0 Å². The van der Waals surface area contributed by atoms with Gasteiger partial charge in [0, 0.05) is 31.7 Å². The van der Waals surface area contributed by atoms with Crippen LogP contribution in [0, 0.1) is 13.8 Å². The summed E-state index contributed by atoms with van der Waals surface area (Å²) in [4.78, 5) is 7.23. The second-order valence-electron chi connectivity index (χ2n) is 7.38. The van der Waals surface area contributed by atoms with E-state index >= 15 is 0 Å². The number of aryl methyl sites for hydroxylation is 2. The zero-order valence-corrected chi connectivity index (χ0v) is 17.1. The van der Waals surface area contributed by atoms with Crippen molar-refractivity contribution in [2.45, 2.75) is 59.5 Å². The van der Waals surface area contributed by atoms with Gasteiger partial charge < -0.3 is 20.3 Å². The minimum absolute atomic E-state index is 0.502. The Morgan fingerprint density at radius 2 is 1.88 bits per heavy atom. The van der Waals surface area contributed by atoms with E-state index in [9.17, 15) is 0 Å². The molecule has 1 aliphatic heterocycles. The van der Waals surface area contributed by atoms with Crippen LogP contribution in [0.5, 0.6) is 5.75 Å². The highest BCUT2D eigenvalue weighted by Crippen LogP contribution is 2.22. The number of hydrogen-bond donors (Lipinski definition) is 2. The first-order chi connectivity index (χ1) is 12.5. The van der Waals surface area contributed by atoms with Gasteiger partial charge in [0.2, 0.25) is 0 Å². The normalized spacial score (nSPS) is 16.8. The Balaban J connectivity index is 1.81. The predicted molar refractivity (Wildman–Crippen MR) is 110 cm³/mol. The van der Waals surface area contributed by atoms with Gasteiger partial charge in [-0.15, -0.1) is 0 Å². The SMILES string of the molecule is CCNC(=NCCOc1c(C)cccc1C)NC1CCN(C(C)C)CC1. The molecule has 146 valence electrons. The standard InChI is InChI=1S/C21H36N4O/c1-6-22-21(24-19-10-13-25(14-11-19)16(2)3)23-12-15-26-20-17(4)8-7-9-18(20)5/h7-9,16,19H,6,10-15H2,1-5H3,(H2,22,23,24). The molecule has 1 heterocycles. The van der Waals surface area contributed by atoms with Crippen LogP contribution in [0.3, 0.4) is 0 Å². The number of benzene rings is 1. The number of para-hydroxylation sites is 1. The fraction of sp³-hybridized carbons (Fsp3) is 0.667. The number of nitrogens with one attached hydrogen (secondary N) is 2. The summed E-state index contributed by atoms with van der Waals surface area (Å²) in [5, 5.41) is 6.95. The second-order valence-corrected chi connectivity index (χ2v) is 7.38. The van der Waals surface area contributed by atoms with E-state index in [1.54, 1.807) is 0 Å². The summed E-state index contributed by atoms with van der Waals surface area (Å²) >= 11 is 0. The van der Waals surface area contributed by atoms with Crippen molar-refractivity contribution in [1.82, 2.24) is 15.5 Å². The van der Waals surface area contributed by atoms with E-state index < -0.39 is 0 Å². The Bertz CT molecular complexity index is 557. The summed E-state index contributed by atoms with van der Waals surface area (Å²) < 4.78 is 5.96. The topological polar surface area (TPSA) is 48.9 Å². The molecule has 1 saturated heterocycles. The quantitative estimate of drug-likeness (QED) is 0.446. The lowest BCUT2D eigenvalue weighted by Crippen LogP contribution is -2.50. The number of aliphatic imine (C=N–C) groups is 1. The molecule has 1 aromatic rings. The van der Waals surface area contributed by atoms with Crippen LogP contribution in [0.4, 0.5) is 0 Å². The van der Waals surface area contributed by atoms with Crippen LogP contribution in [0.2, 0.25) is 0 Å². The smallest absolute Gasteiger partial charge is 0.191 e. The number of likely N-dealkylation sites (tertiary alicyclic amines) is 1. The molecule has 5 heteroatoms. The Morgan fingerprint density at radius 1 is 1.23 bits per heavy atom. The molecule has 0 saturated carbocycles. The maximum atomic E-state index is 5.96. The number of guanidine groups is 1. The maximum Gasteiger partial charge on any atom is 0.191 e. The molecule has 2 N–H and O–H groups in total. The molecule has 0 radical (unpaired) electrons. The summed E-state index contributed by atoms with van der Waals surface area (Å²) in [6.07, 6.45) is 2.34. The Kier molecular flexibility index (Phi) is 8.23. The molecular weight excluding hydrogens is 324 g/mol. The third-order valence-electron chi connectivity index (χ3n) is 4.96. The molecule has 0 spiro atoms. The van der Waals surface area contributed by atoms with Crippen molar-refractivity contribution in [3.05, 3.63) is 29.3 Å². The van der Waals surface area contributed by atoms with Gasteiger partial charge in [0.25, 0.3) is 0 Å². The van der Waals surface area contributed by atoms with Crippen molar-refractivity contribution < 1.29 is 4.74 Å². The molecule has 1 aliphatic rings. The van der Waals surface area contributed by atoms with E-state index in [4.69, 9.17) is 9.73 Å². The summed E-state index contributed by atoms with van der Waals surface area (Å²) in [5.74, 6) is 1.89. The largest absolute Gasteiger partial charge is 0.491 e. The van der Waals surface area contributed by atoms with E-state index in [1.807, 2.05) is 0 Å². The average Bonchev–Trinajstić information content (AvgIpc) is 2.61. The summed E-state index contributed by atoms with van der Waals surface area (Å²) in [5.41, 5.74) is 2.35. The van der Waals surface area contributed by atoms with Crippen molar-refractivity contribution in [2.24, 2.45) is 4.99 Å². The number of hydrogen-bond acceptors (Lipinski definition) is 3. The number of ether oxygens (including phenoxy) is 1. The lowest BCUT2D eigenvalue weighted by Gasteiger charge is -2.35. The van der Waals surface area contributed by atoms with Gasteiger partial charge in [0.05, 0.1) is 6.54 Å². The Hall–Kier alpha value is -1.75. The molecule has 1 fully saturated rings. The van der Waals surface area contributed by atoms with Gasteiger partial charge >= 0.3 is 0 Å². The van der Waals surface area contributed by atoms with Crippen molar-refractivity contribution in [3.8, 4) is 5.75 Å². The van der Waals surface area contributed by atoms with Gasteiger partial charge in [-0.2, -0.15) is 0 Å². The molecule has 0 aromatic heterocycles. The minimum atomic E-state index is 0.502. The Labute approximate surface area is 159 Å². The van der Waals surface area contributed by atoms with Gasteiger partial charge in [-0.1, -0.05) is 18.2 Å². The third-order valence-corrected chi connectivity index (χ3v) is 4.96. The van der Waals surface area contributed by atoms with E-state index in [-0.39, 0.29) is 0 Å². The molecule has 0 bridgehead atoms. The summed E-state index contributed by atoms with van der Waals surface area (Å²) in [6, 6.07) is 7.37. The van der Waals surface area contributed by atoms with Crippen LogP contribution in [-0.4, -0.2) is 55.7 Å². The van der Waals surface area contributed by atoms with Crippen molar-refractivity contribution in [3.63, 3.8) is 0 Å². The number of nitrogens with zero attached hydrogens (tertiary/aromatic N) is 2. The fourth-order valence-electron chi connectivity index (χ4n) is 3.41. The van der Waals surface area contributed by atoms with Crippen LogP contribution < -0.4 is 15.4 Å². The Morgan fingerprint density at radius 3 is 2.46 bits per heavy atom. The second kappa shape index (κ2) is 10.4. The van der Waals surface area contributed by atoms with E-state index in [0.29, 0.717) is 25.2 Å². The third kappa shape index (κ3) is 6.20. The molecule has 0 atom stereocenters. The number of rotatable bonds is 7. The lowest BCUT2D eigenvalue weighted by molar-refractivity contribution is 0.167. The molecule has 2 rings (SSSR count). The molecule has 0 aliphatic carbocycles. The molecule has 5 nitrogen and oxygen atoms in total. The summed E-state index contributed by atoms with van der Waals surface area (Å²) in [6.45, 7) is 15.2. The molecule has 26 heavy (non-hydrogen) atoms. The highest BCUT2D eigenvalue weighted by atomic mass is 16.5. The van der Waals surface area contributed by atoms with Gasteiger partial charge in [-0.05, 0) is 58.6 Å². The molecule has 0 amide bonds. The van der Waals surface area contributed by atoms with Gasteiger partial charge in [0.1, 0.15) is 12.4 Å². The van der Waals surface area contributed by atoms with Crippen LogP contribution >= 0.6 is 0 Å². The van der Waals surface area contributed by atoms with Gasteiger partial charge in [0.15, 0.2) is 5.96 Å². The zero-order valence-electron chi connectivity index (χ0n) is 17.1. The molecule has 0 unspecified atom stereocenters. The summed E-state index contributed by atoms with van der Waals surface area (Å²) in [7, 11) is 0. The highest BCUT2D eigenvalue weighted by molar-refractivity contribution is 5.80. The lowest BCUT2D eigenvalue weighted by atomic mass is 10.0. The first kappa shape index (κ1) is 20.6. The van der Waals surface area contributed by atoms with Gasteiger partial charge in [-0.25, -0.2) is 4.99 Å². The van der Waals surface area contributed by atoms with Crippen LogP contribution in [0.25, 0.3) is 0 Å². The molecular formula is C21H36N4O. The van der Waals surface area contributed by atoms with E-state index in [0.717, 1.165) is 31.3 Å². The first-order valence-electron chi connectivity index (χ1n) is 9.99. The maximum absolute atomic E-state index is 5.96. The van der Waals surface area contributed by atoms with Crippen LogP contribution in [0.15, 0.2) is 23.2 Å². The average molecular weight is 361 g/mol. The van der Waals surface area contributed by atoms with E-state index in [2.05, 4.69) is 68.4 Å². The van der Waals surface area contributed by atoms with Crippen molar-refractivity contribution in [1.29, 1.82) is 0 Å².